The number of hydrogen-bond acceptors (Lipinski definition) is 9. The van der Waals surface area contributed by atoms with Crippen LogP contribution in [-0.4, -0.2) is 51.5 Å². The highest BCUT2D eigenvalue weighted by molar-refractivity contribution is 6.02. The van der Waals surface area contributed by atoms with Gasteiger partial charge in [-0.1, -0.05) is 5.06 Å². The number of hydroxylamine groups is 4. The number of ether oxygens (including phenoxy) is 1. The molecular formula is C18H26N2O9. The van der Waals surface area contributed by atoms with E-state index in [9.17, 15) is 28.8 Å². The van der Waals surface area contributed by atoms with Crippen LogP contribution < -0.4 is 0 Å². The predicted octanol–water partition coefficient (Wildman–Crippen LogP) is 1.64. The number of nitrogens with zero attached hydrogens (tertiary/aromatic N) is 2. The van der Waals surface area contributed by atoms with Gasteiger partial charge in [-0.3, -0.25) is 24.0 Å². The average molecular weight is 414 g/mol. The SMILES string of the molecule is CC(C)(C)C(=O)ON1C(=O)CCC1=O.CC(C)(C)OC(=O)ON1C(=O)CCC1=O. The first-order valence-corrected chi connectivity index (χ1v) is 8.97. The Morgan fingerprint density at radius 2 is 1.03 bits per heavy atom. The van der Waals surface area contributed by atoms with Crippen molar-refractivity contribution in [2.24, 2.45) is 5.41 Å². The third kappa shape index (κ3) is 7.51. The molecular weight excluding hydrogens is 388 g/mol. The van der Waals surface area contributed by atoms with Gasteiger partial charge in [-0.05, 0) is 41.5 Å². The van der Waals surface area contributed by atoms with Crippen molar-refractivity contribution in [1.82, 2.24) is 10.1 Å². The second-order valence-electron chi connectivity index (χ2n) is 8.35. The molecule has 0 atom stereocenters. The summed E-state index contributed by atoms with van der Waals surface area (Å²) in [6.07, 6.45) is -0.665. The highest BCUT2D eigenvalue weighted by Crippen LogP contribution is 2.19. The van der Waals surface area contributed by atoms with Crippen molar-refractivity contribution >= 4 is 35.8 Å². The molecule has 11 nitrogen and oxygen atoms in total. The molecule has 2 heterocycles. The van der Waals surface area contributed by atoms with Gasteiger partial charge < -0.3 is 9.57 Å². The zero-order valence-electron chi connectivity index (χ0n) is 17.4. The highest BCUT2D eigenvalue weighted by Gasteiger charge is 2.36. The van der Waals surface area contributed by atoms with Crippen molar-refractivity contribution in [2.45, 2.75) is 72.8 Å². The molecule has 2 rings (SSSR count). The Kier molecular flexibility index (Phi) is 7.48. The van der Waals surface area contributed by atoms with Crippen LogP contribution in [0.1, 0.15) is 67.2 Å². The summed E-state index contributed by atoms with van der Waals surface area (Å²) < 4.78 is 4.79. The highest BCUT2D eigenvalue weighted by atomic mass is 16.8. The molecule has 0 spiro atoms. The third-order valence-corrected chi connectivity index (χ3v) is 3.35. The van der Waals surface area contributed by atoms with Gasteiger partial charge in [-0.2, -0.15) is 0 Å². The number of carbonyl (C=O) groups is 6. The number of amides is 4. The molecule has 2 saturated heterocycles. The van der Waals surface area contributed by atoms with Gasteiger partial charge in [0.2, 0.25) is 0 Å². The summed E-state index contributed by atoms with van der Waals surface area (Å²) in [5.41, 5.74) is -1.44. The molecule has 0 aromatic heterocycles. The van der Waals surface area contributed by atoms with Gasteiger partial charge >= 0.3 is 12.1 Å². The monoisotopic (exact) mass is 414 g/mol. The minimum absolute atomic E-state index is 0.0711. The van der Waals surface area contributed by atoms with Crippen LogP contribution >= 0.6 is 0 Å². The lowest BCUT2D eigenvalue weighted by Crippen LogP contribution is -2.36. The van der Waals surface area contributed by atoms with E-state index in [1.165, 1.54) is 0 Å². The fraction of sp³-hybridized carbons (Fsp3) is 0.667. The van der Waals surface area contributed by atoms with Gasteiger partial charge in [0.25, 0.3) is 23.6 Å². The Labute approximate surface area is 168 Å². The Bertz CT molecular complexity index is 684. The number of hydrogen-bond donors (Lipinski definition) is 0. The lowest BCUT2D eigenvalue weighted by molar-refractivity contribution is -0.203. The van der Waals surface area contributed by atoms with Crippen LogP contribution in [0.4, 0.5) is 4.79 Å². The lowest BCUT2D eigenvalue weighted by Gasteiger charge is -2.20. The first kappa shape index (κ1) is 24.1. The Balaban J connectivity index is 0.000000291. The summed E-state index contributed by atoms with van der Waals surface area (Å²) in [6, 6.07) is 0. The molecule has 0 saturated carbocycles. The van der Waals surface area contributed by atoms with E-state index < -0.39 is 46.8 Å². The van der Waals surface area contributed by atoms with Gasteiger partial charge in [-0.25, -0.2) is 9.59 Å². The standard InChI is InChI=1S/C9H13NO5.C9H13NO4/c1-9(2,3)14-8(13)15-10-6(11)4-5-7(10)12;1-9(2,3)8(13)14-10-6(11)4-5-7(10)12/h4-5H2,1-3H3;4-5H2,1-3H3. The molecule has 2 aliphatic heterocycles. The molecule has 2 fully saturated rings. The van der Waals surface area contributed by atoms with Gasteiger partial charge in [0.05, 0.1) is 5.41 Å². The first-order valence-electron chi connectivity index (χ1n) is 8.97. The maximum Gasteiger partial charge on any atom is 0.534 e. The van der Waals surface area contributed by atoms with Crippen LogP contribution in [0.25, 0.3) is 0 Å². The number of imide groups is 2. The van der Waals surface area contributed by atoms with E-state index in [1.54, 1.807) is 41.5 Å². The van der Waals surface area contributed by atoms with Crippen LogP contribution in [-0.2, 0) is 38.4 Å². The molecule has 0 radical (unpaired) electrons. The zero-order valence-corrected chi connectivity index (χ0v) is 17.4. The third-order valence-electron chi connectivity index (χ3n) is 3.35. The molecule has 0 aromatic rings. The van der Waals surface area contributed by atoms with Crippen LogP contribution in [0.15, 0.2) is 0 Å². The second-order valence-corrected chi connectivity index (χ2v) is 8.35. The topological polar surface area (TPSA) is 137 Å². The van der Waals surface area contributed by atoms with Crippen LogP contribution in [0.3, 0.4) is 0 Å². The lowest BCUT2D eigenvalue weighted by atomic mass is 9.98. The van der Waals surface area contributed by atoms with Crippen molar-refractivity contribution in [3.05, 3.63) is 0 Å². The predicted molar refractivity (Wildman–Crippen MR) is 95.0 cm³/mol. The normalized spacial score (nSPS) is 17.2. The molecule has 29 heavy (non-hydrogen) atoms. The summed E-state index contributed by atoms with van der Waals surface area (Å²) in [7, 11) is 0. The molecule has 0 aliphatic carbocycles. The molecule has 0 aromatic carbocycles. The quantitative estimate of drug-likeness (QED) is 0.488. The number of carbonyl (C=O) groups excluding carboxylic acids is 6. The minimum Gasteiger partial charge on any atom is -0.427 e. The van der Waals surface area contributed by atoms with Gasteiger partial charge in [-0.15, -0.1) is 5.06 Å². The molecule has 11 heteroatoms. The number of rotatable bonds is 2. The van der Waals surface area contributed by atoms with Crippen molar-refractivity contribution in [3.8, 4) is 0 Å². The summed E-state index contributed by atoms with van der Waals surface area (Å²) in [5, 5.41) is 1.02. The molecule has 2 aliphatic rings. The summed E-state index contributed by atoms with van der Waals surface area (Å²) >= 11 is 0. The Morgan fingerprint density at radius 1 is 0.690 bits per heavy atom. The summed E-state index contributed by atoms with van der Waals surface area (Å²) in [5.74, 6) is -2.53. The summed E-state index contributed by atoms with van der Waals surface area (Å²) in [4.78, 5) is 75.9. The van der Waals surface area contributed by atoms with Gasteiger partial charge in [0.1, 0.15) is 5.60 Å². The van der Waals surface area contributed by atoms with Crippen LogP contribution in [0, 0.1) is 5.41 Å². The van der Waals surface area contributed by atoms with E-state index in [1.807, 2.05) is 0 Å². The van der Waals surface area contributed by atoms with E-state index >= 15 is 0 Å². The van der Waals surface area contributed by atoms with E-state index in [0.717, 1.165) is 0 Å². The van der Waals surface area contributed by atoms with Crippen molar-refractivity contribution in [3.63, 3.8) is 0 Å². The van der Waals surface area contributed by atoms with E-state index in [4.69, 9.17) is 9.57 Å². The maximum atomic E-state index is 11.3. The fourth-order valence-corrected chi connectivity index (χ4v) is 1.88. The Hall–Kier alpha value is -2.98. The van der Waals surface area contributed by atoms with Crippen LogP contribution in [0.2, 0.25) is 0 Å². The zero-order chi connectivity index (χ0) is 22.6. The van der Waals surface area contributed by atoms with Gasteiger partial charge in [0.15, 0.2) is 0 Å². The summed E-state index contributed by atoms with van der Waals surface area (Å²) in [6.45, 7) is 9.92. The largest absolute Gasteiger partial charge is 0.534 e. The average Bonchev–Trinajstić information content (AvgIpc) is 3.03. The minimum atomic E-state index is -1.05. The van der Waals surface area contributed by atoms with Crippen molar-refractivity contribution in [1.29, 1.82) is 0 Å². The van der Waals surface area contributed by atoms with E-state index in [-0.39, 0.29) is 25.7 Å². The molecule has 0 bridgehead atoms. The fourth-order valence-electron chi connectivity index (χ4n) is 1.88. The van der Waals surface area contributed by atoms with Gasteiger partial charge in [0, 0.05) is 25.7 Å². The van der Waals surface area contributed by atoms with Crippen LogP contribution in [0.5, 0.6) is 0 Å². The molecule has 4 amide bonds. The second kappa shape index (κ2) is 9.01. The van der Waals surface area contributed by atoms with E-state index in [2.05, 4.69) is 4.84 Å². The Morgan fingerprint density at radius 3 is 1.34 bits per heavy atom. The van der Waals surface area contributed by atoms with Crippen molar-refractivity contribution in [2.75, 3.05) is 0 Å². The molecule has 0 N–H and O–H groups in total. The smallest absolute Gasteiger partial charge is 0.427 e. The first-order chi connectivity index (χ1) is 13.1. The van der Waals surface area contributed by atoms with Crippen molar-refractivity contribution < 1.29 is 43.2 Å². The molecule has 0 unspecified atom stereocenters. The van der Waals surface area contributed by atoms with E-state index in [0.29, 0.717) is 10.1 Å². The molecule has 162 valence electrons. The maximum absolute atomic E-state index is 11.3.